The molecule has 1 N–H and O–H groups in total. The van der Waals surface area contributed by atoms with Crippen LogP contribution in [0, 0.1) is 13.8 Å². The van der Waals surface area contributed by atoms with E-state index in [1.807, 2.05) is 38.1 Å². The van der Waals surface area contributed by atoms with Crippen molar-refractivity contribution in [3.8, 4) is 17.2 Å². The van der Waals surface area contributed by atoms with Gasteiger partial charge < -0.3 is 14.8 Å². The molecule has 0 aliphatic heterocycles. The molecule has 1 aromatic heterocycles. The first-order valence-electron chi connectivity index (χ1n) is 8.07. The Labute approximate surface area is 151 Å². The number of hydrogen-bond donors (Lipinski definition) is 1. The Bertz CT molecular complexity index is 950. The number of hydrogen-bond acceptors (Lipinski definition) is 5. The highest BCUT2D eigenvalue weighted by molar-refractivity contribution is 6.03. The van der Waals surface area contributed by atoms with Crippen molar-refractivity contribution in [2.45, 2.75) is 13.8 Å². The summed E-state index contributed by atoms with van der Waals surface area (Å²) < 4.78 is 12.1. The van der Waals surface area contributed by atoms with Gasteiger partial charge in [-0.1, -0.05) is 23.4 Å². The molecule has 1 amide bonds. The van der Waals surface area contributed by atoms with E-state index < -0.39 is 0 Å². The Hall–Kier alpha value is -3.35. The Balaban J connectivity index is 1.87. The monoisotopic (exact) mass is 352 g/mol. The first-order valence-corrected chi connectivity index (χ1v) is 8.07. The van der Waals surface area contributed by atoms with Gasteiger partial charge in [0, 0.05) is 11.8 Å². The van der Waals surface area contributed by atoms with Crippen LogP contribution in [0.15, 0.2) is 42.5 Å². The summed E-state index contributed by atoms with van der Waals surface area (Å²) in [5.74, 6) is 0.785. The average molecular weight is 352 g/mol. The van der Waals surface area contributed by atoms with Crippen molar-refractivity contribution in [2.75, 3.05) is 19.5 Å². The number of benzene rings is 2. The van der Waals surface area contributed by atoms with Gasteiger partial charge in [0.1, 0.15) is 0 Å². The molecular formula is C19H20N4O3. The van der Waals surface area contributed by atoms with Gasteiger partial charge in [0.25, 0.3) is 5.91 Å². The smallest absolute Gasteiger partial charge is 0.278 e. The third-order valence-corrected chi connectivity index (χ3v) is 4.09. The molecule has 0 bridgehead atoms. The largest absolute Gasteiger partial charge is 0.493 e. The number of carbonyl (C=O) groups is 1. The van der Waals surface area contributed by atoms with Gasteiger partial charge in [-0.05, 0) is 37.6 Å². The molecule has 0 saturated carbocycles. The lowest BCUT2D eigenvalue weighted by Crippen LogP contribution is -2.14. The first kappa shape index (κ1) is 17.5. The highest BCUT2D eigenvalue weighted by atomic mass is 16.5. The van der Waals surface area contributed by atoms with Gasteiger partial charge in [-0.25, -0.2) is 4.68 Å². The highest BCUT2D eigenvalue weighted by Gasteiger charge is 2.18. The van der Waals surface area contributed by atoms with E-state index >= 15 is 0 Å². The van der Waals surface area contributed by atoms with E-state index in [0.717, 1.165) is 11.3 Å². The van der Waals surface area contributed by atoms with Crippen LogP contribution in [0.2, 0.25) is 0 Å². The average Bonchev–Trinajstić information content (AvgIpc) is 3.03. The second kappa shape index (κ2) is 7.26. The summed E-state index contributed by atoms with van der Waals surface area (Å²) >= 11 is 0. The molecule has 0 atom stereocenters. The lowest BCUT2D eigenvalue weighted by Gasteiger charge is -2.10. The highest BCUT2D eigenvalue weighted by Crippen LogP contribution is 2.30. The molecule has 0 unspecified atom stereocenters. The summed E-state index contributed by atoms with van der Waals surface area (Å²) in [6, 6.07) is 13.0. The summed E-state index contributed by atoms with van der Waals surface area (Å²) in [6.45, 7) is 3.80. The van der Waals surface area contributed by atoms with Gasteiger partial charge in [0.15, 0.2) is 17.2 Å². The number of nitrogens with one attached hydrogen (secondary N) is 1. The second-order valence-electron chi connectivity index (χ2n) is 5.75. The molecule has 7 nitrogen and oxygen atoms in total. The number of rotatable bonds is 5. The predicted molar refractivity (Wildman–Crippen MR) is 98.3 cm³/mol. The molecule has 7 heteroatoms. The third-order valence-electron chi connectivity index (χ3n) is 4.09. The van der Waals surface area contributed by atoms with Gasteiger partial charge >= 0.3 is 0 Å². The van der Waals surface area contributed by atoms with Crippen LogP contribution in [0.25, 0.3) is 5.69 Å². The summed E-state index contributed by atoms with van der Waals surface area (Å²) in [6.07, 6.45) is 0. The zero-order valence-electron chi connectivity index (χ0n) is 15.1. The van der Waals surface area contributed by atoms with Gasteiger partial charge in [-0.15, -0.1) is 5.10 Å². The van der Waals surface area contributed by atoms with Crippen LogP contribution >= 0.6 is 0 Å². The molecule has 0 saturated heterocycles. The Kier molecular flexibility index (Phi) is 4.88. The summed E-state index contributed by atoms with van der Waals surface area (Å²) in [4.78, 5) is 12.6. The van der Waals surface area contributed by atoms with E-state index in [1.165, 1.54) is 0 Å². The molecule has 1 heterocycles. The van der Waals surface area contributed by atoms with Crippen LogP contribution in [-0.2, 0) is 0 Å². The molecular weight excluding hydrogens is 332 g/mol. The van der Waals surface area contributed by atoms with E-state index in [0.29, 0.717) is 22.9 Å². The minimum Gasteiger partial charge on any atom is -0.493 e. The molecule has 3 rings (SSSR count). The molecule has 0 aliphatic carbocycles. The Morgan fingerprint density at radius 3 is 2.46 bits per heavy atom. The number of methoxy groups -OCH3 is 2. The van der Waals surface area contributed by atoms with E-state index in [9.17, 15) is 4.79 Å². The SMILES string of the molecule is COc1ccc(NC(=O)c2nnn(-c3ccccc3C)c2C)cc1OC. The van der Waals surface area contributed by atoms with Gasteiger partial charge in [0.2, 0.25) is 0 Å². The topological polar surface area (TPSA) is 78.3 Å². The quantitative estimate of drug-likeness (QED) is 0.763. The minimum atomic E-state index is -0.338. The van der Waals surface area contributed by atoms with Crippen molar-refractivity contribution in [1.82, 2.24) is 15.0 Å². The minimum absolute atomic E-state index is 0.267. The fourth-order valence-electron chi connectivity index (χ4n) is 2.67. The molecule has 0 aliphatic rings. The van der Waals surface area contributed by atoms with Crippen molar-refractivity contribution < 1.29 is 14.3 Å². The Morgan fingerprint density at radius 2 is 1.77 bits per heavy atom. The molecule has 2 aromatic carbocycles. The normalized spacial score (nSPS) is 10.5. The van der Waals surface area contributed by atoms with E-state index in [1.54, 1.807) is 37.1 Å². The number of anilines is 1. The van der Waals surface area contributed by atoms with E-state index in [2.05, 4.69) is 15.6 Å². The number of aryl methyl sites for hydroxylation is 1. The van der Waals surface area contributed by atoms with Crippen molar-refractivity contribution in [3.05, 3.63) is 59.4 Å². The molecule has 134 valence electrons. The molecule has 3 aromatic rings. The van der Waals surface area contributed by atoms with Crippen LogP contribution in [0.3, 0.4) is 0 Å². The van der Waals surface area contributed by atoms with Crippen molar-refractivity contribution in [2.24, 2.45) is 0 Å². The van der Waals surface area contributed by atoms with Crippen LogP contribution < -0.4 is 14.8 Å². The number of para-hydroxylation sites is 1. The maximum Gasteiger partial charge on any atom is 0.278 e. The summed E-state index contributed by atoms with van der Waals surface area (Å²) in [5, 5.41) is 11.0. The first-order chi connectivity index (χ1) is 12.5. The van der Waals surface area contributed by atoms with Crippen LogP contribution in [0.4, 0.5) is 5.69 Å². The molecule has 0 spiro atoms. The standard InChI is InChI=1S/C19H20N4O3/c1-12-7-5-6-8-15(12)23-13(2)18(21-22-23)19(24)20-14-9-10-16(25-3)17(11-14)26-4/h5-11H,1-4H3,(H,20,24). The van der Waals surface area contributed by atoms with Crippen molar-refractivity contribution >= 4 is 11.6 Å². The fourth-order valence-corrected chi connectivity index (χ4v) is 2.67. The van der Waals surface area contributed by atoms with Crippen molar-refractivity contribution in [3.63, 3.8) is 0 Å². The second-order valence-corrected chi connectivity index (χ2v) is 5.75. The number of ether oxygens (including phenoxy) is 2. The lowest BCUT2D eigenvalue weighted by atomic mass is 10.2. The van der Waals surface area contributed by atoms with Gasteiger partial charge in [-0.2, -0.15) is 0 Å². The molecule has 0 fully saturated rings. The summed E-state index contributed by atoms with van der Waals surface area (Å²) in [7, 11) is 3.10. The number of carbonyl (C=O) groups excluding carboxylic acids is 1. The molecule has 0 radical (unpaired) electrons. The van der Waals surface area contributed by atoms with Crippen LogP contribution in [0.5, 0.6) is 11.5 Å². The van der Waals surface area contributed by atoms with Crippen LogP contribution in [0.1, 0.15) is 21.7 Å². The van der Waals surface area contributed by atoms with E-state index in [-0.39, 0.29) is 11.6 Å². The summed E-state index contributed by atoms with van der Waals surface area (Å²) in [5.41, 5.74) is 3.45. The van der Waals surface area contributed by atoms with Gasteiger partial charge in [-0.3, -0.25) is 4.79 Å². The van der Waals surface area contributed by atoms with Gasteiger partial charge in [0.05, 0.1) is 25.6 Å². The maximum absolute atomic E-state index is 12.6. The third kappa shape index (κ3) is 3.23. The van der Waals surface area contributed by atoms with Crippen LogP contribution in [-0.4, -0.2) is 35.1 Å². The number of amides is 1. The number of nitrogens with zero attached hydrogens (tertiary/aromatic N) is 3. The van der Waals surface area contributed by atoms with Crippen molar-refractivity contribution in [1.29, 1.82) is 0 Å². The predicted octanol–water partition coefficient (Wildman–Crippen LogP) is 3.15. The van der Waals surface area contributed by atoms with E-state index in [4.69, 9.17) is 9.47 Å². The number of aromatic nitrogens is 3. The zero-order valence-corrected chi connectivity index (χ0v) is 15.1. The fraction of sp³-hybridized carbons (Fsp3) is 0.211. The molecule has 26 heavy (non-hydrogen) atoms. The lowest BCUT2D eigenvalue weighted by molar-refractivity contribution is 0.102. The zero-order chi connectivity index (χ0) is 18.7. The maximum atomic E-state index is 12.6. The Morgan fingerprint density at radius 1 is 1.04 bits per heavy atom.